The van der Waals surface area contributed by atoms with Gasteiger partial charge in [0.1, 0.15) is 6.04 Å². The van der Waals surface area contributed by atoms with Crippen LogP contribution >= 0.6 is 0 Å². The fourth-order valence-electron chi connectivity index (χ4n) is 5.91. The Morgan fingerprint density at radius 2 is 1.61 bits per heavy atom. The van der Waals surface area contributed by atoms with Crippen molar-refractivity contribution in [2.45, 2.75) is 50.7 Å². The van der Waals surface area contributed by atoms with E-state index in [1.165, 1.54) is 0 Å². The van der Waals surface area contributed by atoms with E-state index in [-0.39, 0.29) is 24.2 Å². The molecule has 0 radical (unpaired) electrons. The molecule has 2 unspecified atom stereocenters. The Balaban J connectivity index is 1.34. The average molecular weight is 586 g/mol. The molecule has 1 aliphatic rings. The van der Waals surface area contributed by atoms with E-state index in [0.717, 1.165) is 39.1 Å². The number of H-pyrrole nitrogens is 1. The van der Waals surface area contributed by atoms with Gasteiger partial charge < -0.3 is 16.0 Å². The number of para-hydroxylation sites is 1. The molecule has 44 heavy (non-hydrogen) atoms. The van der Waals surface area contributed by atoms with E-state index in [2.05, 4.69) is 32.0 Å². The lowest BCUT2D eigenvalue weighted by atomic mass is 9.86. The number of carbonyl (C=O) groups excluding carboxylic acids is 2. The number of aromatic amines is 1. The normalized spacial score (nSPS) is 16.7. The number of aromatic nitrogens is 4. The van der Waals surface area contributed by atoms with Crippen molar-refractivity contribution in [3.8, 4) is 22.5 Å². The quantitative estimate of drug-likeness (QED) is 0.235. The first-order chi connectivity index (χ1) is 21.3. The highest BCUT2D eigenvalue weighted by molar-refractivity contribution is 6.01. The highest BCUT2D eigenvalue weighted by atomic mass is 16.2. The third kappa shape index (κ3) is 6.28. The number of carbonyl (C=O) groups is 2. The van der Waals surface area contributed by atoms with Gasteiger partial charge in [-0.25, -0.2) is 0 Å². The summed E-state index contributed by atoms with van der Waals surface area (Å²) in [7, 11) is 0. The predicted octanol–water partition coefficient (Wildman–Crippen LogP) is 5.02. The van der Waals surface area contributed by atoms with Gasteiger partial charge in [-0.3, -0.25) is 9.59 Å². The summed E-state index contributed by atoms with van der Waals surface area (Å²) < 4.78 is 0. The lowest BCUT2D eigenvalue weighted by Crippen LogP contribution is -2.52. The highest BCUT2D eigenvalue weighted by Crippen LogP contribution is 2.36. The zero-order valence-corrected chi connectivity index (χ0v) is 24.8. The van der Waals surface area contributed by atoms with Gasteiger partial charge in [0.05, 0.1) is 6.54 Å². The van der Waals surface area contributed by atoms with Gasteiger partial charge in [-0.15, -0.1) is 10.2 Å². The van der Waals surface area contributed by atoms with Crippen molar-refractivity contribution in [2.24, 2.45) is 5.73 Å². The number of hydrogen-bond donors (Lipinski definition) is 3. The Bertz CT molecular complexity index is 1750. The number of hydrogen-bond acceptors (Lipinski definition) is 6. The van der Waals surface area contributed by atoms with Gasteiger partial charge in [0.15, 0.2) is 0 Å². The Kier molecular flexibility index (Phi) is 8.04. The molecule has 0 aliphatic carbocycles. The lowest BCUT2D eigenvalue weighted by Gasteiger charge is -2.30. The zero-order chi connectivity index (χ0) is 30.7. The van der Waals surface area contributed by atoms with Gasteiger partial charge in [-0.1, -0.05) is 97.1 Å². The Labute approximate surface area is 256 Å². The molecule has 222 valence electrons. The topological polar surface area (TPSA) is 130 Å². The summed E-state index contributed by atoms with van der Waals surface area (Å²) in [4.78, 5) is 29.5. The van der Waals surface area contributed by atoms with Crippen molar-refractivity contribution in [1.29, 1.82) is 0 Å². The molecule has 9 nitrogen and oxygen atoms in total. The number of tetrazole rings is 1. The predicted molar refractivity (Wildman–Crippen MR) is 170 cm³/mol. The molecule has 0 spiro atoms. The van der Waals surface area contributed by atoms with Crippen molar-refractivity contribution in [3.63, 3.8) is 0 Å². The fraction of sp³-hybridized carbons (Fsp3) is 0.229. The van der Waals surface area contributed by atoms with E-state index in [4.69, 9.17) is 5.73 Å². The molecule has 5 aromatic rings. The third-order valence-corrected chi connectivity index (χ3v) is 7.94. The number of benzene rings is 4. The monoisotopic (exact) mass is 585 g/mol. The molecule has 2 heterocycles. The van der Waals surface area contributed by atoms with Gasteiger partial charge in [0, 0.05) is 29.1 Å². The van der Waals surface area contributed by atoms with Crippen LogP contribution in [0.25, 0.3) is 22.5 Å². The maximum atomic E-state index is 14.5. The number of anilines is 1. The van der Waals surface area contributed by atoms with Crippen LogP contribution in [-0.4, -0.2) is 44.0 Å². The van der Waals surface area contributed by atoms with Gasteiger partial charge >= 0.3 is 0 Å². The summed E-state index contributed by atoms with van der Waals surface area (Å²) >= 11 is 0. The van der Waals surface area contributed by atoms with E-state index >= 15 is 0 Å². The highest BCUT2D eigenvalue weighted by Gasteiger charge is 2.39. The van der Waals surface area contributed by atoms with Crippen molar-refractivity contribution < 1.29 is 9.59 Å². The first-order valence-corrected chi connectivity index (χ1v) is 14.7. The van der Waals surface area contributed by atoms with Gasteiger partial charge in [-0.2, -0.15) is 5.21 Å². The molecule has 4 aromatic carbocycles. The molecule has 0 saturated heterocycles. The summed E-state index contributed by atoms with van der Waals surface area (Å²) in [6.45, 7) is 3.96. The number of fused-ring (bicyclic) bond motifs is 1. The van der Waals surface area contributed by atoms with Crippen molar-refractivity contribution in [2.75, 3.05) is 4.90 Å². The van der Waals surface area contributed by atoms with Crippen LogP contribution in [0.3, 0.4) is 0 Å². The summed E-state index contributed by atoms with van der Waals surface area (Å²) in [5.74, 6) is -0.120. The van der Waals surface area contributed by atoms with Crippen LogP contribution in [0.2, 0.25) is 0 Å². The molecule has 4 N–H and O–H groups in total. The Morgan fingerprint density at radius 1 is 0.932 bits per heavy atom. The SMILES string of the molecule is CC(C)(N)CC(=O)NC1C(=O)N(Cc2ccc(-c3ccccc3-c3nn[nH]n3)cc2)c2ccccc2CC1c1ccccc1. The number of nitrogens with one attached hydrogen (secondary N) is 2. The van der Waals surface area contributed by atoms with Crippen LogP contribution in [0.15, 0.2) is 103 Å². The molecule has 0 fully saturated rings. The molecule has 1 aromatic heterocycles. The fourth-order valence-corrected chi connectivity index (χ4v) is 5.91. The van der Waals surface area contributed by atoms with Crippen LogP contribution in [0.5, 0.6) is 0 Å². The van der Waals surface area contributed by atoms with E-state index in [1.807, 2.05) is 111 Å². The van der Waals surface area contributed by atoms with Gasteiger partial charge in [0.2, 0.25) is 11.7 Å². The van der Waals surface area contributed by atoms with Crippen LogP contribution < -0.4 is 16.0 Å². The number of nitrogens with zero attached hydrogens (tertiary/aromatic N) is 4. The molecule has 2 amide bonds. The first kappa shape index (κ1) is 28.9. The summed E-state index contributed by atoms with van der Waals surface area (Å²) in [5.41, 5.74) is 12.2. The molecular weight excluding hydrogens is 550 g/mol. The molecule has 0 bridgehead atoms. The summed E-state index contributed by atoms with van der Waals surface area (Å²) in [5, 5.41) is 17.6. The second-order valence-electron chi connectivity index (χ2n) is 12.0. The average Bonchev–Trinajstić information content (AvgIpc) is 3.53. The summed E-state index contributed by atoms with van der Waals surface area (Å²) in [6.07, 6.45) is 0.712. The largest absolute Gasteiger partial charge is 0.344 e. The lowest BCUT2D eigenvalue weighted by molar-refractivity contribution is -0.128. The number of nitrogens with two attached hydrogens (primary N) is 1. The van der Waals surface area contributed by atoms with Crippen LogP contribution in [0.1, 0.15) is 42.9 Å². The minimum absolute atomic E-state index is 0.109. The Morgan fingerprint density at radius 3 is 2.32 bits per heavy atom. The molecule has 9 heteroatoms. The molecule has 0 saturated carbocycles. The van der Waals surface area contributed by atoms with E-state index < -0.39 is 11.6 Å². The Hall–Kier alpha value is -5.15. The van der Waals surface area contributed by atoms with E-state index in [0.29, 0.717) is 18.8 Å². The minimum Gasteiger partial charge on any atom is -0.344 e. The molecule has 1 aliphatic heterocycles. The minimum atomic E-state index is -0.763. The van der Waals surface area contributed by atoms with Gasteiger partial charge in [-0.05, 0) is 59.4 Å². The second-order valence-corrected chi connectivity index (χ2v) is 12.0. The molecular formula is C35H35N7O2. The van der Waals surface area contributed by atoms with Crippen molar-refractivity contribution in [1.82, 2.24) is 25.9 Å². The zero-order valence-electron chi connectivity index (χ0n) is 24.8. The van der Waals surface area contributed by atoms with Gasteiger partial charge in [0.25, 0.3) is 5.91 Å². The molecule has 6 rings (SSSR count). The summed E-state index contributed by atoms with van der Waals surface area (Å²) in [6, 6.07) is 33.2. The van der Waals surface area contributed by atoms with Crippen LogP contribution in [0, 0.1) is 0 Å². The smallest absolute Gasteiger partial charge is 0.250 e. The standard InChI is InChI=1S/C35H35N7O2/c1-35(2,36)21-31(43)37-32-29(24-10-4-3-5-11-24)20-26-12-6-9-15-30(26)42(34(32)44)22-23-16-18-25(19-17-23)27-13-7-8-14-28(27)33-38-40-41-39-33/h3-19,29,32H,20-22,36H2,1-2H3,(H,37,43)(H,38,39,40,41). The number of rotatable bonds is 8. The maximum Gasteiger partial charge on any atom is 0.250 e. The molecule has 2 atom stereocenters. The van der Waals surface area contributed by atoms with E-state index in [1.54, 1.807) is 4.90 Å². The van der Waals surface area contributed by atoms with E-state index in [9.17, 15) is 9.59 Å². The maximum absolute atomic E-state index is 14.5. The third-order valence-electron chi connectivity index (χ3n) is 7.94. The van der Waals surface area contributed by atoms with Crippen molar-refractivity contribution in [3.05, 3.63) is 120 Å². The van der Waals surface area contributed by atoms with Crippen molar-refractivity contribution >= 4 is 17.5 Å². The number of amides is 2. The second kappa shape index (κ2) is 12.2. The van der Waals surface area contributed by atoms with Crippen LogP contribution in [0.4, 0.5) is 5.69 Å². The van der Waals surface area contributed by atoms with Crippen LogP contribution in [-0.2, 0) is 22.6 Å². The first-order valence-electron chi connectivity index (χ1n) is 14.7.